The summed E-state index contributed by atoms with van der Waals surface area (Å²) in [5.74, 6) is 0.805. The first-order valence-corrected chi connectivity index (χ1v) is 11.7. The van der Waals surface area contributed by atoms with E-state index in [0.717, 1.165) is 61.7 Å². The number of benzene rings is 1. The predicted molar refractivity (Wildman–Crippen MR) is 129 cm³/mol. The van der Waals surface area contributed by atoms with E-state index in [1.807, 2.05) is 55.1 Å². The lowest BCUT2D eigenvalue weighted by atomic mass is 9.71. The molecule has 2 aliphatic rings. The van der Waals surface area contributed by atoms with E-state index in [2.05, 4.69) is 14.9 Å². The molecule has 0 atom stereocenters. The van der Waals surface area contributed by atoms with E-state index in [-0.39, 0.29) is 23.7 Å². The Bertz CT molecular complexity index is 1050. The van der Waals surface area contributed by atoms with Gasteiger partial charge >= 0.3 is 0 Å². The summed E-state index contributed by atoms with van der Waals surface area (Å²) in [6.07, 6.45) is 3.36. The molecule has 1 amide bonds. The molecule has 0 unspecified atom stereocenters. The number of likely N-dealkylation sites (tertiary alicyclic amines) is 1. The molecule has 7 nitrogen and oxygen atoms in total. The van der Waals surface area contributed by atoms with Crippen molar-refractivity contribution in [1.29, 1.82) is 0 Å². The van der Waals surface area contributed by atoms with Gasteiger partial charge in [0.1, 0.15) is 0 Å². The molecule has 33 heavy (non-hydrogen) atoms. The van der Waals surface area contributed by atoms with Crippen molar-refractivity contribution >= 4 is 23.3 Å². The number of aryl methyl sites for hydroxylation is 2. The smallest absolute Gasteiger partial charge is 0.229 e. The van der Waals surface area contributed by atoms with Crippen LogP contribution in [0.5, 0.6) is 0 Å². The van der Waals surface area contributed by atoms with Gasteiger partial charge in [-0.1, -0.05) is 30.3 Å². The van der Waals surface area contributed by atoms with Crippen molar-refractivity contribution < 1.29 is 9.59 Å². The first-order valence-electron chi connectivity index (χ1n) is 11.7. The van der Waals surface area contributed by atoms with Crippen LogP contribution in [0.4, 0.5) is 5.95 Å². The van der Waals surface area contributed by atoms with Gasteiger partial charge in [0.2, 0.25) is 11.9 Å². The molecular formula is C26H33N5O2. The monoisotopic (exact) mass is 447 g/mol. The van der Waals surface area contributed by atoms with Crippen LogP contribution >= 0.6 is 0 Å². The molecule has 2 aliphatic heterocycles. The summed E-state index contributed by atoms with van der Waals surface area (Å²) in [6.45, 7) is 7.91. The van der Waals surface area contributed by atoms with E-state index in [0.29, 0.717) is 17.8 Å². The maximum Gasteiger partial charge on any atom is 0.229 e. The Hall–Kier alpha value is -3.22. The summed E-state index contributed by atoms with van der Waals surface area (Å²) in [6, 6.07) is 11.5. The molecule has 2 saturated heterocycles. The molecule has 0 saturated carbocycles. The van der Waals surface area contributed by atoms with Crippen LogP contribution in [0, 0.1) is 19.3 Å². The number of ketones is 1. The van der Waals surface area contributed by atoms with E-state index in [9.17, 15) is 9.59 Å². The molecule has 4 rings (SSSR count). The highest BCUT2D eigenvalue weighted by Crippen LogP contribution is 2.41. The van der Waals surface area contributed by atoms with Gasteiger partial charge in [0, 0.05) is 42.3 Å². The molecule has 2 fully saturated rings. The van der Waals surface area contributed by atoms with E-state index in [1.165, 1.54) is 6.92 Å². The molecule has 2 aromatic rings. The summed E-state index contributed by atoms with van der Waals surface area (Å²) in [4.78, 5) is 39.4. The predicted octanol–water partition coefficient (Wildman–Crippen LogP) is 3.26. The normalized spacial score (nSPS) is 18.9. The number of carbonyl (C=O) groups excluding carboxylic acids is 2. The summed E-state index contributed by atoms with van der Waals surface area (Å²) >= 11 is 0. The third kappa shape index (κ3) is 4.77. The molecule has 0 aliphatic carbocycles. The number of nitrogens with zero attached hydrogens (tertiary/aromatic N) is 4. The minimum absolute atomic E-state index is 0.0921. The Morgan fingerprint density at radius 1 is 1.03 bits per heavy atom. The van der Waals surface area contributed by atoms with Crippen LogP contribution in [0.1, 0.15) is 49.6 Å². The summed E-state index contributed by atoms with van der Waals surface area (Å²) < 4.78 is 0. The van der Waals surface area contributed by atoms with E-state index >= 15 is 0 Å². The molecule has 0 bridgehead atoms. The number of aromatic nitrogens is 2. The number of rotatable bonds is 5. The van der Waals surface area contributed by atoms with Crippen LogP contribution < -0.4 is 10.6 Å². The van der Waals surface area contributed by atoms with Crippen molar-refractivity contribution in [2.24, 2.45) is 11.1 Å². The highest BCUT2D eigenvalue weighted by Gasteiger charge is 2.46. The van der Waals surface area contributed by atoms with Crippen LogP contribution in [0.25, 0.3) is 5.70 Å². The fourth-order valence-corrected chi connectivity index (χ4v) is 5.12. The SMILES string of the molecule is CC(=O)C(CN1CCCC2(CCN(c3nc(C)cc(C)n3)CC2)C1=O)=C(N)c1ccccc1. The van der Waals surface area contributed by atoms with Gasteiger partial charge in [-0.3, -0.25) is 9.59 Å². The first-order chi connectivity index (χ1) is 15.8. The minimum atomic E-state index is -0.378. The Labute approximate surface area is 195 Å². The molecular weight excluding hydrogens is 414 g/mol. The van der Waals surface area contributed by atoms with Crippen molar-refractivity contribution in [3.05, 3.63) is 58.9 Å². The molecule has 2 N–H and O–H groups in total. The highest BCUT2D eigenvalue weighted by atomic mass is 16.2. The number of anilines is 1. The molecule has 1 aromatic carbocycles. The summed E-state index contributed by atoms with van der Waals surface area (Å²) in [7, 11) is 0. The van der Waals surface area contributed by atoms with Crippen LogP contribution in [0.3, 0.4) is 0 Å². The quantitative estimate of drug-likeness (QED) is 0.708. The second-order valence-electron chi connectivity index (χ2n) is 9.36. The number of amides is 1. The third-order valence-electron chi connectivity index (χ3n) is 6.98. The Balaban J connectivity index is 1.50. The van der Waals surface area contributed by atoms with Crippen molar-refractivity contribution in [3.8, 4) is 0 Å². The third-order valence-corrected chi connectivity index (χ3v) is 6.98. The second kappa shape index (κ2) is 9.33. The van der Waals surface area contributed by atoms with E-state index in [4.69, 9.17) is 5.73 Å². The zero-order chi connectivity index (χ0) is 23.6. The lowest BCUT2D eigenvalue weighted by Crippen LogP contribution is -2.54. The van der Waals surface area contributed by atoms with Crippen molar-refractivity contribution in [3.63, 3.8) is 0 Å². The zero-order valence-corrected chi connectivity index (χ0v) is 19.8. The van der Waals surface area contributed by atoms with Gasteiger partial charge in [0.05, 0.1) is 12.0 Å². The standard InChI is InChI=1S/C26H33N5O2/c1-18-16-19(2)29-25(28-18)30-14-11-26(12-15-30)10-7-13-31(24(26)33)17-22(20(3)32)23(27)21-8-5-4-6-9-21/h4-6,8-9,16H,7,10-15,17,27H2,1-3H3. The summed E-state index contributed by atoms with van der Waals surface area (Å²) in [5.41, 5.74) is 9.69. The van der Waals surface area contributed by atoms with Gasteiger partial charge in [-0.25, -0.2) is 9.97 Å². The van der Waals surface area contributed by atoms with Gasteiger partial charge in [-0.05, 0) is 58.1 Å². The first kappa shape index (κ1) is 23.0. The van der Waals surface area contributed by atoms with Crippen LogP contribution in [-0.4, -0.2) is 52.7 Å². The number of carbonyl (C=O) groups is 2. The largest absolute Gasteiger partial charge is 0.398 e. The topological polar surface area (TPSA) is 92.4 Å². The van der Waals surface area contributed by atoms with Gasteiger partial charge < -0.3 is 15.5 Å². The van der Waals surface area contributed by atoms with Gasteiger partial charge in [-0.15, -0.1) is 0 Å². The zero-order valence-electron chi connectivity index (χ0n) is 19.8. The lowest BCUT2D eigenvalue weighted by molar-refractivity contribution is -0.147. The lowest BCUT2D eigenvalue weighted by Gasteiger charge is -2.46. The van der Waals surface area contributed by atoms with E-state index in [1.54, 1.807) is 0 Å². The maximum atomic E-state index is 13.7. The fraction of sp³-hybridized carbons (Fsp3) is 0.462. The number of piperidine rings is 2. The second-order valence-corrected chi connectivity index (χ2v) is 9.36. The average molecular weight is 448 g/mol. The average Bonchev–Trinajstić information content (AvgIpc) is 2.80. The maximum absolute atomic E-state index is 13.7. The van der Waals surface area contributed by atoms with Gasteiger partial charge in [0.25, 0.3) is 0 Å². The summed E-state index contributed by atoms with van der Waals surface area (Å²) in [5, 5.41) is 0. The Morgan fingerprint density at radius 2 is 1.67 bits per heavy atom. The molecule has 0 radical (unpaired) electrons. The van der Waals surface area contributed by atoms with E-state index < -0.39 is 0 Å². The number of hydrogen-bond donors (Lipinski definition) is 1. The fourth-order valence-electron chi connectivity index (χ4n) is 5.12. The van der Waals surface area contributed by atoms with Gasteiger partial charge in [-0.2, -0.15) is 0 Å². The van der Waals surface area contributed by atoms with Crippen LogP contribution in [0.15, 0.2) is 42.0 Å². The number of Topliss-reactive ketones (excluding diaryl/α,β-unsaturated/α-hetero) is 1. The number of hydrogen-bond acceptors (Lipinski definition) is 6. The van der Waals surface area contributed by atoms with Crippen molar-refractivity contribution in [2.75, 3.05) is 31.1 Å². The Morgan fingerprint density at radius 3 is 2.27 bits per heavy atom. The molecule has 7 heteroatoms. The van der Waals surface area contributed by atoms with Crippen LogP contribution in [-0.2, 0) is 9.59 Å². The molecule has 174 valence electrons. The molecule has 3 heterocycles. The van der Waals surface area contributed by atoms with Gasteiger partial charge in [0.15, 0.2) is 5.78 Å². The molecule has 1 spiro atoms. The highest BCUT2D eigenvalue weighted by molar-refractivity contribution is 6.01. The number of nitrogens with two attached hydrogens (primary N) is 1. The minimum Gasteiger partial charge on any atom is -0.398 e. The Kier molecular flexibility index (Phi) is 6.49. The van der Waals surface area contributed by atoms with Crippen molar-refractivity contribution in [2.45, 2.75) is 46.5 Å². The molecule has 1 aromatic heterocycles. The van der Waals surface area contributed by atoms with Crippen molar-refractivity contribution in [1.82, 2.24) is 14.9 Å². The van der Waals surface area contributed by atoms with Crippen LogP contribution in [0.2, 0.25) is 0 Å².